The van der Waals surface area contributed by atoms with Gasteiger partial charge in [0.05, 0.1) is 5.69 Å². The van der Waals surface area contributed by atoms with Crippen molar-refractivity contribution in [1.29, 1.82) is 0 Å². The zero-order chi connectivity index (χ0) is 13.7. The van der Waals surface area contributed by atoms with Crippen molar-refractivity contribution in [2.24, 2.45) is 11.8 Å². The number of nitrogens with one attached hydrogen (secondary N) is 1. The minimum atomic E-state index is 0.118. The smallest absolute Gasteiger partial charge is 0.122 e. The van der Waals surface area contributed by atoms with E-state index in [4.69, 9.17) is 4.74 Å². The maximum absolute atomic E-state index is 5.54. The molecule has 18 heavy (non-hydrogen) atoms. The van der Waals surface area contributed by atoms with Crippen LogP contribution in [0, 0.1) is 18.8 Å². The number of nitrogens with zero attached hydrogens (tertiary/aromatic N) is 1. The Morgan fingerprint density at radius 2 is 1.94 bits per heavy atom. The SMILES string of the molecule is COC(c1nc(C)c(CNCC(C)C)s1)C(C)C. The molecule has 0 bridgehead atoms. The molecular weight excluding hydrogens is 244 g/mol. The first-order chi connectivity index (χ1) is 8.45. The molecule has 0 radical (unpaired) electrons. The Kier molecular flexibility index (Phi) is 6.26. The van der Waals surface area contributed by atoms with Gasteiger partial charge < -0.3 is 10.1 Å². The Morgan fingerprint density at radius 1 is 1.28 bits per heavy atom. The summed E-state index contributed by atoms with van der Waals surface area (Å²) in [6.07, 6.45) is 0.118. The van der Waals surface area contributed by atoms with Crippen molar-refractivity contribution >= 4 is 11.3 Å². The number of ether oxygens (including phenoxy) is 1. The quantitative estimate of drug-likeness (QED) is 0.823. The fourth-order valence-electron chi connectivity index (χ4n) is 1.87. The Morgan fingerprint density at radius 3 is 2.44 bits per heavy atom. The van der Waals surface area contributed by atoms with Gasteiger partial charge in [0.15, 0.2) is 0 Å². The van der Waals surface area contributed by atoms with Gasteiger partial charge in [-0.05, 0) is 25.3 Å². The summed E-state index contributed by atoms with van der Waals surface area (Å²) >= 11 is 1.77. The summed E-state index contributed by atoms with van der Waals surface area (Å²) in [5.41, 5.74) is 1.13. The van der Waals surface area contributed by atoms with E-state index in [1.165, 1.54) is 4.88 Å². The highest BCUT2D eigenvalue weighted by molar-refractivity contribution is 7.11. The van der Waals surface area contributed by atoms with Gasteiger partial charge in [-0.1, -0.05) is 27.7 Å². The normalized spacial score (nSPS) is 13.6. The number of rotatable bonds is 7. The van der Waals surface area contributed by atoms with Gasteiger partial charge in [0.25, 0.3) is 0 Å². The lowest BCUT2D eigenvalue weighted by atomic mass is 10.1. The minimum Gasteiger partial charge on any atom is -0.374 e. The van der Waals surface area contributed by atoms with E-state index < -0.39 is 0 Å². The van der Waals surface area contributed by atoms with E-state index in [-0.39, 0.29) is 6.10 Å². The van der Waals surface area contributed by atoms with Gasteiger partial charge in [0, 0.05) is 18.5 Å². The third-order valence-corrected chi connectivity index (χ3v) is 4.07. The van der Waals surface area contributed by atoms with E-state index in [1.807, 2.05) is 0 Å². The molecule has 0 aliphatic carbocycles. The zero-order valence-corrected chi connectivity index (χ0v) is 13.2. The van der Waals surface area contributed by atoms with Crippen molar-refractivity contribution in [3.63, 3.8) is 0 Å². The molecule has 1 rings (SSSR count). The van der Waals surface area contributed by atoms with Crippen molar-refractivity contribution in [2.75, 3.05) is 13.7 Å². The molecule has 0 amide bonds. The van der Waals surface area contributed by atoms with Crippen LogP contribution in [0.15, 0.2) is 0 Å². The summed E-state index contributed by atoms with van der Waals surface area (Å²) in [6, 6.07) is 0. The van der Waals surface area contributed by atoms with Crippen LogP contribution < -0.4 is 5.32 Å². The van der Waals surface area contributed by atoms with Crippen LogP contribution in [0.25, 0.3) is 0 Å². The van der Waals surface area contributed by atoms with Crippen molar-refractivity contribution in [3.8, 4) is 0 Å². The Hall–Kier alpha value is -0.450. The minimum absolute atomic E-state index is 0.118. The van der Waals surface area contributed by atoms with Crippen LogP contribution >= 0.6 is 11.3 Å². The van der Waals surface area contributed by atoms with Gasteiger partial charge in [0.1, 0.15) is 11.1 Å². The Bertz CT molecular complexity index is 361. The van der Waals surface area contributed by atoms with Crippen LogP contribution in [-0.4, -0.2) is 18.6 Å². The summed E-state index contributed by atoms with van der Waals surface area (Å²) in [7, 11) is 1.76. The molecule has 0 saturated carbocycles. The van der Waals surface area contributed by atoms with Crippen molar-refractivity contribution in [1.82, 2.24) is 10.3 Å². The van der Waals surface area contributed by atoms with Crippen molar-refractivity contribution in [2.45, 2.75) is 47.3 Å². The largest absolute Gasteiger partial charge is 0.374 e. The van der Waals surface area contributed by atoms with E-state index in [9.17, 15) is 0 Å². The molecule has 1 aromatic heterocycles. The second kappa shape index (κ2) is 7.22. The predicted octanol–water partition coefficient (Wildman–Crippen LogP) is 3.54. The lowest BCUT2D eigenvalue weighted by molar-refractivity contribution is 0.0643. The molecule has 0 spiro atoms. The summed E-state index contributed by atoms with van der Waals surface area (Å²) < 4.78 is 5.54. The summed E-state index contributed by atoms with van der Waals surface area (Å²) in [5.74, 6) is 1.14. The molecule has 1 aromatic rings. The fourth-order valence-corrected chi connectivity index (χ4v) is 3.16. The number of hydrogen-bond donors (Lipinski definition) is 1. The number of thiazole rings is 1. The van der Waals surface area contributed by atoms with Crippen molar-refractivity contribution < 1.29 is 4.74 Å². The monoisotopic (exact) mass is 270 g/mol. The first kappa shape index (κ1) is 15.6. The predicted molar refractivity (Wildman–Crippen MR) is 78.0 cm³/mol. The number of aromatic nitrogens is 1. The molecule has 1 atom stereocenters. The van der Waals surface area contributed by atoms with E-state index in [0.717, 1.165) is 23.8 Å². The summed E-state index contributed by atoms with van der Waals surface area (Å²) in [4.78, 5) is 5.98. The molecule has 4 heteroatoms. The first-order valence-corrected chi connectivity index (χ1v) is 7.47. The number of methoxy groups -OCH3 is 1. The molecule has 0 saturated heterocycles. The highest BCUT2D eigenvalue weighted by Crippen LogP contribution is 2.30. The van der Waals surface area contributed by atoms with E-state index >= 15 is 0 Å². The highest BCUT2D eigenvalue weighted by Gasteiger charge is 2.20. The van der Waals surface area contributed by atoms with E-state index in [0.29, 0.717) is 11.8 Å². The second-order valence-electron chi connectivity index (χ2n) is 5.49. The maximum Gasteiger partial charge on any atom is 0.122 e. The molecular formula is C14H26N2OS. The maximum atomic E-state index is 5.54. The van der Waals surface area contributed by atoms with Crippen LogP contribution in [0.3, 0.4) is 0 Å². The van der Waals surface area contributed by atoms with Crippen LogP contribution in [0.2, 0.25) is 0 Å². The van der Waals surface area contributed by atoms with Crippen LogP contribution in [-0.2, 0) is 11.3 Å². The van der Waals surface area contributed by atoms with Gasteiger partial charge in [-0.3, -0.25) is 0 Å². The lowest BCUT2D eigenvalue weighted by Crippen LogP contribution is -2.18. The molecule has 1 unspecified atom stereocenters. The molecule has 0 fully saturated rings. The van der Waals surface area contributed by atoms with Crippen LogP contribution in [0.5, 0.6) is 0 Å². The van der Waals surface area contributed by atoms with Gasteiger partial charge in [0.2, 0.25) is 0 Å². The lowest BCUT2D eigenvalue weighted by Gasteiger charge is -2.15. The summed E-state index contributed by atoms with van der Waals surface area (Å²) in [6.45, 7) is 12.8. The van der Waals surface area contributed by atoms with Crippen molar-refractivity contribution in [3.05, 3.63) is 15.6 Å². The number of aryl methyl sites for hydroxylation is 1. The fraction of sp³-hybridized carbons (Fsp3) is 0.786. The molecule has 3 nitrogen and oxygen atoms in total. The highest BCUT2D eigenvalue weighted by atomic mass is 32.1. The molecule has 0 aromatic carbocycles. The second-order valence-corrected chi connectivity index (χ2v) is 6.60. The Labute approximate surface area is 115 Å². The van der Waals surface area contributed by atoms with Gasteiger partial charge >= 0.3 is 0 Å². The average molecular weight is 270 g/mol. The van der Waals surface area contributed by atoms with Gasteiger partial charge in [-0.2, -0.15) is 0 Å². The summed E-state index contributed by atoms with van der Waals surface area (Å²) in [5, 5.41) is 4.57. The first-order valence-electron chi connectivity index (χ1n) is 6.65. The molecule has 1 N–H and O–H groups in total. The molecule has 0 aliphatic heterocycles. The molecule has 104 valence electrons. The third kappa shape index (κ3) is 4.34. The zero-order valence-electron chi connectivity index (χ0n) is 12.4. The topological polar surface area (TPSA) is 34.1 Å². The van der Waals surface area contributed by atoms with E-state index in [1.54, 1.807) is 18.4 Å². The van der Waals surface area contributed by atoms with Gasteiger partial charge in [-0.15, -0.1) is 11.3 Å². The van der Waals surface area contributed by atoms with Gasteiger partial charge in [-0.25, -0.2) is 4.98 Å². The van der Waals surface area contributed by atoms with E-state index in [2.05, 4.69) is 44.9 Å². The molecule has 1 heterocycles. The van der Waals surface area contributed by atoms with Crippen LogP contribution in [0.1, 0.15) is 49.4 Å². The number of hydrogen-bond acceptors (Lipinski definition) is 4. The standard InChI is InChI=1S/C14H26N2OS/c1-9(2)7-15-8-12-11(5)16-14(18-12)13(17-6)10(3)4/h9-10,13,15H,7-8H2,1-6H3. The third-order valence-electron chi connectivity index (χ3n) is 2.85. The Balaban J connectivity index is 2.68. The van der Waals surface area contributed by atoms with Crippen LogP contribution in [0.4, 0.5) is 0 Å². The molecule has 0 aliphatic rings. The average Bonchev–Trinajstić information content (AvgIpc) is 2.60.